The number of amides is 1. The quantitative estimate of drug-likeness (QED) is 0.703. The van der Waals surface area contributed by atoms with Gasteiger partial charge in [0.05, 0.1) is 0 Å². The Balaban J connectivity index is 2.55. The minimum absolute atomic E-state index is 0.179. The van der Waals surface area contributed by atoms with Crippen LogP contribution in [0.15, 0.2) is 18.2 Å². The predicted molar refractivity (Wildman–Crippen MR) is 74.3 cm³/mol. The minimum Gasteiger partial charge on any atom is -0.481 e. The molecule has 0 spiro atoms. The molecule has 0 aliphatic heterocycles. The van der Waals surface area contributed by atoms with E-state index in [1.54, 1.807) is 12.1 Å². The van der Waals surface area contributed by atoms with Crippen LogP contribution in [0.25, 0.3) is 0 Å². The number of anilines is 1. The monoisotopic (exact) mass is 264 g/mol. The number of carbonyl (C=O) groups is 2. The summed E-state index contributed by atoms with van der Waals surface area (Å²) in [5.74, 6) is -1.20. The van der Waals surface area contributed by atoms with Gasteiger partial charge in [-0.15, -0.1) is 0 Å². The second kappa shape index (κ2) is 6.78. The van der Waals surface area contributed by atoms with Gasteiger partial charge in [0.1, 0.15) is 0 Å². The van der Waals surface area contributed by atoms with E-state index in [-0.39, 0.29) is 12.5 Å². The standard InChI is InChI=1S/C14H20N2O3/c1-9-8-11(6-7-12(9)14(15)19)16-10(2)4-3-5-13(17)18/h6-8,10,16H,3-5H2,1-2H3,(H2,15,19)(H,17,18). The Hall–Kier alpha value is -2.04. The molecule has 5 nitrogen and oxygen atoms in total. The van der Waals surface area contributed by atoms with Crippen LogP contribution >= 0.6 is 0 Å². The summed E-state index contributed by atoms with van der Waals surface area (Å²) in [4.78, 5) is 21.5. The zero-order valence-electron chi connectivity index (χ0n) is 11.3. The van der Waals surface area contributed by atoms with Crippen molar-refractivity contribution in [3.8, 4) is 0 Å². The Morgan fingerprint density at radius 1 is 1.42 bits per heavy atom. The lowest BCUT2D eigenvalue weighted by Crippen LogP contribution is -2.17. The van der Waals surface area contributed by atoms with E-state index in [4.69, 9.17) is 10.8 Å². The van der Waals surface area contributed by atoms with Gasteiger partial charge in [0.2, 0.25) is 5.91 Å². The third-order valence-electron chi connectivity index (χ3n) is 2.93. The first-order chi connectivity index (χ1) is 8.90. The van der Waals surface area contributed by atoms with Crippen LogP contribution in [-0.4, -0.2) is 23.0 Å². The molecule has 1 atom stereocenters. The number of carboxylic acids is 1. The molecular weight excluding hydrogens is 244 g/mol. The molecule has 0 aromatic heterocycles. The molecule has 1 aromatic rings. The molecular formula is C14H20N2O3. The summed E-state index contributed by atoms with van der Waals surface area (Å²) in [5.41, 5.74) is 7.50. The van der Waals surface area contributed by atoms with Gasteiger partial charge in [-0.1, -0.05) is 0 Å². The van der Waals surface area contributed by atoms with Crippen molar-refractivity contribution < 1.29 is 14.7 Å². The predicted octanol–water partition coefficient (Wildman–Crippen LogP) is 2.15. The lowest BCUT2D eigenvalue weighted by atomic mass is 10.1. The van der Waals surface area contributed by atoms with E-state index in [1.807, 2.05) is 19.9 Å². The number of primary amides is 1. The third-order valence-corrected chi connectivity index (χ3v) is 2.93. The van der Waals surface area contributed by atoms with E-state index in [0.29, 0.717) is 12.0 Å². The van der Waals surface area contributed by atoms with Crippen molar-refractivity contribution in [1.29, 1.82) is 0 Å². The lowest BCUT2D eigenvalue weighted by molar-refractivity contribution is -0.137. The molecule has 104 valence electrons. The fourth-order valence-electron chi connectivity index (χ4n) is 1.95. The number of nitrogens with one attached hydrogen (secondary N) is 1. The maximum Gasteiger partial charge on any atom is 0.303 e. The first-order valence-electron chi connectivity index (χ1n) is 6.29. The zero-order chi connectivity index (χ0) is 14.4. The van der Waals surface area contributed by atoms with Crippen molar-refractivity contribution in [2.75, 3.05) is 5.32 Å². The summed E-state index contributed by atoms with van der Waals surface area (Å²) in [5, 5.41) is 11.8. The van der Waals surface area contributed by atoms with Crippen LogP contribution in [0.5, 0.6) is 0 Å². The van der Waals surface area contributed by atoms with E-state index in [2.05, 4.69) is 5.32 Å². The third kappa shape index (κ3) is 4.99. The van der Waals surface area contributed by atoms with Gasteiger partial charge < -0.3 is 16.2 Å². The molecule has 4 N–H and O–H groups in total. The number of benzene rings is 1. The zero-order valence-corrected chi connectivity index (χ0v) is 11.3. The van der Waals surface area contributed by atoms with Gasteiger partial charge in [0.15, 0.2) is 0 Å². The number of carbonyl (C=O) groups excluding carboxylic acids is 1. The van der Waals surface area contributed by atoms with E-state index < -0.39 is 11.9 Å². The van der Waals surface area contributed by atoms with E-state index in [0.717, 1.165) is 17.7 Å². The number of hydrogen-bond donors (Lipinski definition) is 3. The molecule has 0 saturated carbocycles. The van der Waals surface area contributed by atoms with E-state index in [9.17, 15) is 9.59 Å². The van der Waals surface area contributed by atoms with Gasteiger partial charge >= 0.3 is 5.97 Å². The van der Waals surface area contributed by atoms with Gasteiger partial charge in [-0.3, -0.25) is 9.59 Å². The molecule has 0 aliphatic carbocycles. The molecule has 1 amide bonds. The average Bonchev–Trinajstić information content (AvgIpc) is 2.27. The first kappa shape index (κ1) is 15.0. The minimum atomic E-state index is -0.770. The summed E-state index contributed by atoms with van der Waals surface area (Å²) in [6.45, 7) is 3.83. The van der Waals surface area contributed by atoms with Crippen LogP contribution in [0.1, 0.15) is 42.1 Å². The Kier molecular flexibility index (Phi) is 5.36. The number of aliphatic carboxylic acids is 1. The molecule has 0 fully saturated rings. The average molecular weight is 264 g/mol. The van der Waals surface area contributed by atoms with Crippen LogP contribution in [0.3, 0.4) is 0 Å². The molecule has 0 radical (unpaired) electrons. The van der Waals surface area contributed by atoms with Crippen molar-refractivity contribution in [2.45, 2.75) is 39.2 Å². The topological polar surface area (TPSA) is 92.4 Å². The summed E-state index contributed by atoms with van der Waals surface area (Å²) >= 11 is 0. The van der Waals surface area contributed by atoms with Gasteiger partial charge in [-0.25, -0.2) is 0 Å². The summed E-state index contributed by atoms with van der Waals surface area (Å²) in [6.07, 6.45) is 1.61. The number of nitrogens with two attached hydrogens (primary N) is 1. The highest BCUT2D eigenvalue weighted by atomic mass is 16.4. The largest absolute Gasteiger partial charge is 0.481 e. The molecule has 0 bridgehead atoms. The fourth-order valence-corrected chi connectivity index (χ4v) is 1.95. The Bertz CT molecular complexity index is 472. The number of carboxylic acid groups (broad SMARTS) is 1. The van der Waals surface area contributed by atoms with Gasteiger partial charge in [-0.05, 0) is 50.5 Å². The lowest BCUT2D eigenvalue weighted by Gasteiger charge is -2.15. The molecule has 1 aromatic carbocycles. The van der Waals surface area contributed by atoms with Gasteiger partial charge in [0.25, 0.3) is 0 Å². The molecule has 1 rings (SSSR count). The highest BCUT2D eigenvalue weighted by Crippen LogP contribution is 2.17. The van der Waals surface area contributed by atoms with Crippen LogP contribution in [0, 0.1) is 6.92 Å². The van der Waals surface area contributed by atoms with Crippen LogP contribution < -0.4 is 11.1 Å². The molecule has 1 unspecified atom stereocenters. The molecule has 5 heteroatoms. The van der Waals surface area contributed by atoms with Crippen LogP contribution in [-0.2, 0) is 4.79 Å². The Labute approximate surface area is 112 Å². The van der Waals surface area contributed by atoms with Crippen LogP contribution in [0.4, 0.5) is 5.69 Å². The molecule has 19 heavy (non-hydrogen) atoms. The van der Waals surface area contributed by atoms with Crippen molar-refractivity contribution in [3.05, 3.63) is 29.3 Å². The van der Waals surface area contributed by atoms with Gasteiger partial charge in [0, 0.05) is 23.7 Å². The summed E-state index contributed by atoms with van der Waals surface area (Å²) in [7, 11) is 0. The fraction of sp³-hybridized carbons (Fsp3) is 0.429. The van der Waals surface area contributed by atoms with Gasteiger partial charge in [-0.2, -0.15) is 0 Å². The number of hydrogen-bond acceptors (Lipinski definition) is 3. The highest BCUT2D eigenvalue weighted by molar-refractivity contribution is 5.94. The normalized spacial score (nSPS) is 11.9. The molecule has 0 heterocycles. The van der Waals surface area contributed by atoms with E-state index >= 15 is 0 Å². The number of rotatable bonds is 7. The second-order valence-electron chi connectivity index (χ2n) is 4.73. The maximum absolute atomic E-state index is 11.1. The highest BCUT2D eigenvalue weighted by Gasteiger charge is 2.07. The van der Waals surface area contributed by atoms with Crippen molar-refractivity contribution in [3.63, 3.8) is 0 Å². The maximum atomic E-state index is 11.1. The Morgan fingerprint density at radius 2 is 2.11 bits per heavy atom. The van der Waals surface area contributed by atoms with E-state index in [1.165, 1.54) is 0 Å². The van der Waals surface area contributed by atoms with Crippen molar-refractivity contribution in [2.24, 2.45) is 5.73 Å². The SMILES string of the molecule is Cc1cc(NC(C)CCCC(=O)O)ccc1C(N)=O. The summed E-state index contributed by atoms with van der Waals surface area (Å²) < 4.78 is 0. The Morgan fingerprint density at radius 3 is 2.63 bits per heavy atom. The molecule has 0 saturated heterocycles. The molecule has 0 aliphatic rings. The number of aryl methyl sites for hydroxylation is 1. The second-order valence-corrected chi connectivity index (χ2v) is 4.73. The van der Waals surface area contributed by atoms with Crippen LogP contribution in [0.2, 0.25) is 0 Å². The summed E-state index contributed by atoms with van der Waals surface area (Å²) in [6, 6.07) is 5.55. The smallest absolute Gasteiger partial charge is 0.303 e. The first-order valence-corrected chi connectivity index (χ1v) is 6.29. The van der Waals surface area contributed by atoms with Crippen molar-refractivity contribution in [1.82, 2.24) is 0 Å². The van der Waals surface area contributed by atoms with Crippen molar-refractivity contribution >= 4 is 17.6 Å².